The number of carbonyl (C=O) groups is 1. The van der Waals surface area contributed by atoms with Gasteiger partial charge in [-0.25, -0.2) is 13.6 Å². The first-order chi connectivity index (χ1) is 14.4. The molecule has 0 fully saturated rings. The molecule has 3 aromatic rings. The summed E-state index contributed by atoms with van der Waals surface area (Å²) in [7, 11) is 1.52. The van der Waals surface area contributed by atoms with Crippen molar-refractivity contribution in [3.63, 3.8) is 0 Å². The number of rotatable bonds is 5. The molecule has 152 valence electrons. The third-order valence-electron chi connectivity index (χ3n) is 5.07. The topological polar surface area (TPSA) is 55.8 Å². The minimum atomic E-state index is -2.06. The molecular weight excluding hydrogens is 390 g/mol. The van der Waals surface area contributed by atoms with Crippen LogP contribution in [-0.2, 0) is 21.7 Å². The predicted octanol–water partition coefficient (Wildman–Crippen LogP) is 4.37. The average molecular weight is 408 g/mol. The van der Waals surface area contributed by atoms with Gasteiger partial charge in [0, 0.05) is 17.6 Å². The largest absolute Gasteiger partial charge is 0.497 e. The lowest BCUT2D eigenvalue weighted by atomic mass is 9.88. The first-order valence-corrected chi connectivity index (χ1v) is 9.25. The van der Waals surface area contributed by atoms with Crippen molar-refractivity contribution < 1.29 is 28.2 Å². The summed E-state index contributed by atoms with van der Waals surface area (Å²) in [5.74, 6) is -4.42. The number of esters is 1. The molecule has 1 aliphatic rings. The highest BCUT2D eigenvalue weighted by atomic mass is 19.2. The van der Waals surface area contributed by atoms with Crippen LogP contribution in [0.1, 0.15) is 16.7 Å². The second-order valence-electron chi connectivity index (χ2n) is 6.91. The summed E-state index contributed by atoms with van der Waals surface area (Å²) in [4.78, 5) is 12.8. The van der Waals surface area contributed by atoms with Gasteiger partial charge in [0.1, 0.15) is 5.75 Å². The maximum atomic E-state index is 13.9. The summed E-state index contributed by atoms with van der Waals surface area (Å²) in [6, 6.07) is 18.8. The van der Waals surface area contributed by atoms with Crippen molar-refractivity contribution in [1.82, 2.24) is 0 Å². The van der Waals surface area contributed by atoms with Gasteiger partial charge in [0.2, 0.25) is 0 Å². The van der Waals surface area contributed by atoms with Crippen molar-refractivity contribution in [2.75, 3.05) is 7.11 Å². The Morgan fingerprint density at radius 2 is 1.67 bits per heavy atom. The lowest BCUT2D eigenvalue weighted by Gasteiger charge is -2.26. The van der Waals surface area contributed by atoms with Gasteiger partial charge in [0.25, 0.3) is 5.79 Å². The highest BCUT2D eigenvalue weighted by molar-refractivity contribution is 6.20. The number of methoxy groups -OCH3 is 1. The molecule has 3 aromatic carbocycles. The van der Waals surface area contributed by atoms with Crippen molar-refractivity contribution in [2.45, 2.75) is 12.2 Å². The Bertz CT molecular complexity index is 1120. The first-order valence-electron chi connectivity index (χ1n) is 9.25. The van der Waals surface area contributed by atoms with Crippen molar-refractivity contribution in [2.24, 2.45) is 0 Å². The molecule has 0 radical (unpaired) electrons. The third kappa shape index (κ3) is 3.46. The molecule has 4 nitrogen and oxygen atoms in total. The summed E-state index contributed by atoms with van der Waals surface area (Å²) in [5.41, 5.74) is 1.53. The molecule has 6 heteroatoms. The van der Waals surface area contributed by atoms with E-state index in [2.05, 4.69) is 0 Å². The quantitative estimate of drug-likeness (QED) is 0.637. The fourth-order valence-corrected chi connectivity index (χ4v) is 3.54. The number of ether oxygens (including phenoxy) is 2. The van der Waals surface area contributed by atoms with Gasteiger partial charge in [-0.1, -0.05) is 36.4 Å². The van der Waals surface area contributed by atoms with Gasteiger partial charge < -0.3 is 14.6 Å². The van der Waals surface area contributed by atoms with E-state index in [0.717, 1.165) is 17.7 Å². The molecule has 4 rings (SSSR count). The number of hydrogen-bond acceptors (Lipinski definition) is 4. The van der Waals surface area contributed by atoms with E-state index in [1.165, 1.54) is 13.2 Å². The Labute approximate surface area is 172 Å². The Morgan fingerprint density at radius 3 is 2.30 bits per heavy atom. The van der Waals surface area contributed by atoms with Crippen LogP contribution in [0.2, 0.25) is 0 Å². The zero-order chi connectivity index (χ0) is 21.3. The van der Waals surface area contributed by atoms with Crippen molar-refractivity contribution >= 4 is 11.5 Å². The summed E-state index contributed by atoms with van der Waals surface area (Å²) in [5, 5.41) is 11.5. The van der Waals surface area contributed by atoms with Gasteiger partial charge in [-0.3, -0.25) is 0 Å². The average Bonchev–Trinajstić information content (AvgIpc) is 3.01. The lowest BCUT2D eigenvalue weighted by molar-refractivity contribution is -0.185. The summed E-state index contributed by atoms with van der Waals surface area (Å²) in [6.45, 7) is 0. The van der Waals surface area contributed by atoms with Crippen LogP contribution in [0.4, 0.5) is 8.78 Å². The lowest BCUT2D eigenvalue weighted by Crippen LogP contribution is -2.29. The molecule has 1 unspecified atom stereocenters. The molecule has 1 heterocycles. The first kappa shape index (κ1) is 19.8. The fraction of sp³-hybridized carbons (Fsp3) is 0.125. The molecule has 1 N–H and O–H groups in total. The number of aliphatic hydroxyl groups is 1. The minimum absolute atomic E-state index is 0.0103. The molecule has 0 bridgehead atoms. The van der Waals surface area contributed by atoms with E-state index in [1.807, 2.05) is 30.3 Å². The molecular formula is C24H18F2O4. The number of cyclic esters (lactones) is 1. The molecule has 0 aromatic heterocycles. The second-order valence-corrected chi connectivity index (χ2v) is 6.91. The summed E-state index contributed by atoms with van der Waals surface area (Å²) in [6.07, 6.45) is 0.170. The molecule has 0 saturated carbocycles. The molecule has 0 spiro atoms. The van der Waals surface area contributed by atoms with Gasteiger partial charge in [0.15, 0.2) is 11.6 Å². The summed E-state index contributed by atoms with van der Waals surface area (Å²) >= 11 is 0. The smallest absolute Gasteiger partial charge is 0.342 e. The normalized spacial score (nSPS) is 18.5. The van der Waals surface area contributed by atoms with Gasteiger partial charge in [-0.2, -0.15) is 0 Å². The number of carbonyl (C=O) groups excluding carboxylic acids is 1. The maximum absolute atomic E-state index is 13.9. The van der Waals surface area contributed by atoms with Gasteiger partial charge in [-0.05, 0) is 47.5 Å². The van der Waals surface area contributed by atoms with Crippen LogP contribution in [0.15, 0.2) is 78.4 Å². The van der Waals surface area contributed by atoms with Crippen molar-refractivity contribution in [3.05, 3.63) is 107 Å². The Kier molecular flexibility index (Phi) is 5.10. The van der Waals surface area contributed by atoms with E-state index in [9.17, 15) is 18.7 Å². The molecule has 30 heavy (non-hydrogen) atoms. The zero-order valence-corrected chi connectivity index (χ0v) is 16.1. The predicted molar refractivity (Wildman–Crippen MR) is 106 cm³/mol. The molecule has 0 saturated heterocycles. The number of benzene rings is 3. The Hall–Kier alpha value is -3.51. The SMILES string of the molecule is COc1ccc(C2(O)OC(=O)C(c3ccc(F)c(F)c3)=C2Cc2ccccc2)cc1. The summed E-state index contributed by atoms with van der Waals surface area (Å²) < 4.78 is 37.9. The van der Waals surface area contributed by atoms with Crippen molar-refractivity contribution in [3.8, 4) is 5.75 Å². The Morgan fingerprint density at radius 1 is 0.967 bits per heavy atom. The number of hydrogen-bond donors (Lipinski definition) is 1. The molecule has 1 aliphatic heterocycles. The Balaban J connectivity index is 1.90. The van der Waals surface area contributed by atoms with Gasteiger partial charge in [0.05, 0.1) is 12.7 Å². The molecule has 1 atom stereocenters. The van der Waals surface area contributed by atoms with Crippen LogP contribution >= 0.6 is 0 Å². The van der Waals surface area contributed by atoms with Gasteiger partial charge >= 0.3 is 5.97 Å². The number of halogens is 2. The van der Waals surface area contributed by atoms with Crippen LogP contribution in [0.3, 0.4) is 0 Å². The third-order valence-corrected chi connectivity index (χ3v) is 5.07. The molecule has 0 amide bonds. The van der Waals surface area contributed by atoms with E-state index >= 15 is 0 Å². The van der Waals surface area contributed by atoms with E-state index in [4.69, 9.17) is 9.47 Å². The van der Waals surface area contributed by atoms with E-state index in [1.54, 1.807) is 24.3 Å². The fourth-order valence-electron chi connectivity index (χ4n) is 3.54. The van der Waals surface area contributed by atoms with E-state index in [0.29, 0.717) is 11.3 Å². The van der Waals surface area contributed by atoms with E-state index < -0.39 is 23.4 Å². The second kappa shape index (κ2) is 7.72. The van der Waals surface area contributed by atoms with Crippen LogP contribution < -0.4 is 4.74 Å². The van der Waals surface area contributed by atoms with Crippen LogP contribution in [0, 0.1) is 11.6 Å². The zero-order valence-electron chi connectivity index (χ0n) is 16.1. The van der Waals surface area contributed by atoms with Crippen molar-refractivity contribution in [1.29, 1.82) is 0 Å². The van der Waals surface area contributed by atoms with Crippen LogP contribution in [0.25, 0.3) is 5.57 Å². The maximum Gasteiger partial charge on any atom is 0.342 e. The van der Waals surface area contributed by atoms with E-state index in [-0.39, 0.29) is 23.1 Å². The monoisotopic (exact) mass is 408 g/mol. The standard InChI is InChI=1S/C24H18F2O4/c1-29-18-10-8-17(9-11-18)24(28)19(13-15-5-3-2-4-6-15)22(23(27)30-24)16-7-12-20(25)21(26)14-16/h2-12,14,28H,13H2,1H3. The van der Waals surface area contributed by atoms with Gasteiger partial charge in [-0.15, -0.1) is 0 Å². The van der Waals surface area contributed by atoms with Crippen LogP contribution in [0.5, 0.6) is 5.75 Å². The highest BCUT2D eigenvalue weighted by Gasteiger charge is 2.48. The highest BCUT2D eigenvalue weighted by Crippen LogP contribution is 2.45. The minimum Gasteiger partial charge on any atom is -0.497 e. The van der Waals surface area contributed by atoms with Crippen LogP contribution in [-0.4, -0.2) is 18.2 Å². The molecule has 0 aliphatic carbocycles.